The Bertz CT molecular complexity index is 1120. The van der Waals surface area contributed by atoms with Gasteiger partial charge >= 0.3 is 0 Å². The number of nitrogens with zero attached hydrogens (tertiary/aromatic N) is 3. The minimum Gasteiger partial charge on any atom is -0.352 e. The van der Waals surface area contributed by atoms with E-state index in [2.05, 4.69) is 20.3 Å². The predicted octanol–water partition coefficient (Wildman–Crippen LogP) is 5.81. The second kappa shape index (κ2) is 8.01. The Morgan fingerprint density at radius 3 is 2.31 bits per heavy atom. The third-order valence-corrected chi connectivity index (χ3v) is 4.52. The maximum absolute atomic E-state index is 13.4. The molecule has 0 amide bonds. The minimum absolute atomic E-state index is 0.200. The molecule has 0 aliphatic carbocycles. The van der Waals surface area contributed by atoms with Crippen LogP contribution in [0, 0.1) is 5.82 Å². The number of aromatic amines is 1. The normalized spacial score (nSPS) is 11.1. The number of halogens is 2. The van der Waals surface area contributed by atoms with Crippen LogP contribution in [0.5, 0.6) is 0 Å². The van der Waals surface area contributed by atoms with E-state index < -0.39 is 0 Å². The van der Waals surface area contributed by atoms with E-state index >= 15 is 0 Å². The van der Waals surface area contributed by atoms with Crippen LogP contribution in [-0.4, -0.2) is 26.0 Å². The van der Waals surface area contributed by atoms with Crippen molar-refractivity contribution in [2.45, 2.75) is 19.9 Å². The van der Waals surface area contributed by atoms with Gasteiger partial charge in [-0.15, -0.1) is 0 Å². The van der Waals surface area contributed by atoms with Crippen molar-refractivity contribution in [1.82, 2.24) is 19.9 Å². The summed E-state index contributed by atoms with van der Waals surface area (Å²) in [6.07, 6.45) is 1.69. The average molecular weight is 408 g/mol. The Morgan fingerprint density at radius 1 is 0.931 bits per heavy atom. The zero-order valence-corrected chi connectivity index (χ0v) is 16.7. The van der Waals surface area contributed by atoms with E-state index in [0.717, 1.165) is 16.8 Å². The van der Waals surface area contributed by atoms with E-state index in [1.807, 2.05) is 38.1 Å². The minimum atomic E-state index is -0.293. The Kier molecular flexibility index (Phi) is 5.27. The molecule has 0 radical (unpaired) electrons. The van der Waals surface area contributed by atoms with Gasteiger partial charge in [-0.3, -0.25) is 0 Å². The van der Waals surface area contributed by atoms with E-state index in [-0.39, 0.29) is 11.9 Å². The summed E-state index contributed by atoms with van der Waals surface area (Å²) in [5, 5.41) is 3.85. The van der Waals surface area contributed by atoms with Crippen molar-refractivity contribution < 1.29 is 4.39 Å². The molecule has 4 aromatic rings. The molecular formula is C22H19ClFN5. The fraction of sp³-hybridized carbons (Fsp3) is 0.136. The number of H-pyrrole nitrogens is 1. The third-order valence-electron chi connectivity index (χ3n) is 4.27. The molecule has 0 aliphatic heterocycles. The lowest BCUT2D eigenvalue weighted by molar-refractivity contribution is 0.628. The van der Waals surface area contributed by atoms with Gasteiger partial charge in [-0.25, -0.2) is 19.3 Å². The number of benzene rings is 2. The Hall–Kier alpha value is -3.25. The van der Waals surface area contributed by atoms with Gasteiger partial charge in [-0.2, -0.15) is 0 Å². The second-order valence-corrected chi connectivity index (χ2v) is 7.32. The number of hydrogen-bond donors (Lipinski definition) is 2. The van der Waals surface area contributed by atoms with Gasteiger partial charge in [-0.1, -0.05) is 11.6 Å². The van der Waals surface area contributed by atoms with Crippen LogP contribution in [0.2, 0.25) is 5.02 Å². The first kappa shape index (κ1) is 19.1. The van der Waals surface area contributed by atoms with Crippen LogP contribution in [0.3, 0.4) is 0 Å². The molecule has 146 valence electrons. The maximum Gasteiger partial charge on any atom is 0.223 e. The molecule has 2 aromatic carbocycles. The van der Waals surface area contributed by atoms with Gasteiger partial charge in [0.15, 0.2) is 0 Å². The highest BCUT2D eigenvalue weighted by molar-refractivity contribution is 6.30. The zero-order valence-electron chi connectivity index (χ0n) is 15.9. The second-order valence-electron chi connectivity index (χ2n) is 6.89. The van der Waals surface area contributed by atoms with Gasteiger partial charge in [-0.05, 0) is 68.4 Å². The molecule has 0 aliphatic rings. The zero-order chi connectivity index (χ0) is 20.4. The van der Waals surface area contributed by atoms with Crippen molar-refractivity contribution in [3.63, 3.8) is 0 Å². The first-order valence-corrected chi connectivity index (χ1v) is 9.59. The highest BCUT2D eigenvalue weighted by Crippen LogP contribution is 2.32. The van der Waals surface area contributed by atoms with Crippen molar-refractivity contribution in [2.24, 2.45) is 0 Å². The van der Waals surface area contributed by atoms with Gasteiger partial charge in [0.2, 0.25) is 5.95 Å². The maximum atomic E-state index is 13.4. The topological polar surface area (TPSA) is 66.5 Å². The van der Waals surface area contributed by atoms with Crippen LogP contribution in [0.25, 0.3) is 34.0 Å². The fourth-order valence-corrected chi connectivity index (χ4v) is 3.07. The lowest BCUT2D eigenvalue weighted by Crippen LogP contribution is -2.12. The Balaban J connectivity index is 1.85. The van der Waals surface area contributed by atoms with E-state index in [4.69, 9.17) is 16.6 Å². The van der Waals surface area contributed by atoms with Crippen molar-refractivity contribution in [3.8, 4) is 34.0 Å². The van der Waals surface area contributed by atoms with Gasteiger partial charge < -0.3 is 10.3 Å². The molecule has 5 nitrogen and oxygen atoms in total. The largest absolute Gasteiger partial charge is 0.352 e. The molecule has 29 heavy (non-hydrogen) atoms. The molecule has 0 unspecified atom stereocenters. The van der Waals surface area contributed by atoms with Crippen LogP contribution in [0.4, 0.5) is 10.3 Å². The number of aromatic nitrogens is 4. The van der Waals surface area contributed by atoms with Crippen molar-refractivity contribution in [3.05, 3.63) is 71.6 Å². The molecular weight excluding hydrogens is 389 g/mol. The van der Waals surface area contributed by atoms with Gasteiger partial charge in [0.25, 0.3) is 0 Å². The summed E-state index contributed by atoms with van der Waals surface area (Å²) in [5.74, 6) is 0.907. The number of imidazole rings is 1. The lowest BCUT2D eigenvalue weighted by Gasteiger charge is -2.09. The molecule has 0 saturated heterocycles. The molecule has 0 saturated carbocycles. The fourth-order valence-electron chi connectivity index (χ4n) is 2.95. The molecule has 0 bridgehead atoms. The van der Waals surface area contributed by atoms with Gasteiger partial charge in [0, 0.05) is 28.4 Å². The highest BCUT2D eigenvalue weighted by Gasteiger charge is 2.17. The van der Waals surface area contributed by atoms with E-state index in [9.17, 15) is 4.39 Å². The summed E-state index contributed by atoms with van der Waals surface area (Å²) in [4.78, 5) is 17.0. The van der Waals surface area contributed by atoms with Crippen molar-refractivity contribution >= 4 is 17.5 Å². The molecule has 7 heteroatoms. The van der Waals surface area contributed by atoms with Crippen LogP contribution in [0.15, 0.2) is 60.8 Å². The summed E-state index contributed by atoms with van der Waals surface area (Å²) < 4.78 is 13.4. The summed E-state index contributed by atoms with van der Waals surface area (Å²) >= 11 is 6.01. The number of hydrogen-bond acceptors (Lipinski definition) is 4. The van der Waals surface area contributed by atoms with Crippen molar-refractivity contribution in [1.29, 1.82) is 0 Å². The summed E-state index contributed by atoms with van der Waals surface area (Å²) in [5.41, 5.74) is 3.78. The first-order chi connectivity index (χ1) is 14.0. The van der Waals surface area contributed by atoms with E-state index in [1.165, 1.54) is 12.1 Å². The van der Waals surface area contributed by atoms with Gasteiger partial charge in [0.05, 0.1) is 11.4 Å². The number of rotatable bonds is 5. The molecule has 0 spiro atoms. The molecule has 0 atom stereocenters. The van der Waals surface area contributed by atoms with Crippen LogP contribution in [-0.2, 0) is 0 Å². The molecule has 2 aromatic heterocycles. The first-order valence-electron chi connectivity index (χ1n) is 9.21. The monoisotopic (exact) mass is 407 g/mol. The summed E-state index contributed by atoms with van der Waals surface area (Å²) in [6, 6.07) is 15.7. The summed E-state index contributed by atoms with van der Waals surface area (Å²) in [7, 11) is 0. The molecule has 0 fully saturated rings. The molecule has 2 heterocycles. The third kappa shape index (κ3) is 4.27. The average Bonchev–Trinajstić information content (AvgIpc) is 3.14. The Labute approximate surface area is 173 Å². The van der Waals surface area contributed by atoms with Crippen LogP contribution < -0.4 is 5.32 Å². The van der Waals surface area contributed by atoms with Gasteiger partial charge in [0.1, 0.15) is 17.3 Å². The standard InChI is InChI=1S/C22H19ClFN5/c1-13(2)26-22-25-12-11-18(27-22)20-19(14-5-9-17(24)10-6-14)28-21(29-20)15-3-7-16(23)8-4-15/h3-13H,1-2H3,(H,28,29)(H,25,26,27). The summed E-state index contributed by atoms with van der Waals surface area (Å²) in [6.45, 7) is 4.04. The van der Waals surface area contributed by atoms with Crippen molar-refractivity contribution in [2.75, 3.05) is 5.32 Å². The molecule has 4 rings (SSSR count). The SMILES string of the molecule is CC(C)Nc1nccc(-c2nc(-c3ccc(Cl)cc3)[nH]c2-c2ccc(F)cc2)n1. The molecule has 2 N–H and O–H groups in total. The number of anilines is 1. The predicted molar refractivity (Wildman–Crippen MR) is 114 cm³/mol. The highest BCUT2D eigenvalue weighted by atomic mass is 35.5. The van der Waals surface area contributed by atoms with E-state index in [0.29, 0.717) is 28.2 Å². The number of nitrogens with one attached hydrogen (secondary N) is 2. The Morgan fingerprint density at radius 2 is 1.62 bits per heavy atom. The smallest absolute Gasteiger partial charge is 0.223 e. The lowest BCUT2D eigenvalue weighted by atomic mass is 10.1. The van der Waals surface area contributed by atoms with Crippen LogP contribution >= 0.6 is 11.6 Å². The quantitative estimate of drug-likeness (QED) is 0.438. The van der Waals surface area contributed by atoms with E-state index in [1.54, 1.807) is 24.4 Å². The van der Waals surface area contributed by atoms with Crippen LogP contribution in [0.1, 0.15) is 13.8 Å².